The molecule has 1 aromatic carbocycles. The Balaban J connectivity index is 2.40. The van der Waals surface area contributed by atoms with E-state index >= 15 is 0 Å². The zero-order valence-electron chi connectivity index (χ0n) is 7.37. The van der Waals surface area contributed by atoms with E-state index in [9.17, 15) is 9.18 Å². The Morgan fingerprint density at radius 3 is 2.62 bits per heavy atom. The zero-order valence-corrected chi connectivity index (χ0v) is 7.37. The van der Waals surface area contributed by atoms with Crippen molar-refractivity contribution in [3.63, 3.8) is 0 Å². The Bertz CT molecular complexity index is 270. The molecule has 0 saturated carbocycles. The second-order valence-corrected chi connectivity index (χ2v) is 2.71. The Kier molecular flexibility index (Phi) is 3.43. The van der Waals surface area contributed by atoms with Crippen molar-refractivity contribution in [1.29, 1.82) is 0 Å². The molecule has 0 aromatic heterocycles. The first-order valence-electron chi connectivity index (χ1n) is 4.05. The second-order valence-electron chi connectivity index (χ2n) is 2.71. The molecule has 1 rings (SSSR count). The van der Waals surface area contributed by atoms with E-state index in [4.69, 9.17) is 0 Å². The molecule has 1 atom stereocenters. The van der Waals surface area contributed by atoms with Gasteiger partial charge in [-0.3, -0.25) is 0 Å². The van der Waals surface area contributed by atoms with Gasteiger partial charge >= 0.3 is 5.97 Å². The lowest BCUT2D eigenvalue weighted by molar-refractivity contribution is -0.150. The maximum atomic E-state index is 12.3. The monoisotopic (exact) mass is 182 g/mol. The summed E-state index contributed by atoms with van der Waals surface area (Å²) in [6.07, 6.45) is -1.55. The highest BCUT2D eigenvalue weighted by atomic mass is 19.1. The average molecular weight is 182 g/mol. The van der Waals surface area contributed by atoms with Gasteiger partial charge in [0.1, 0.15) is 6.61 Å². The average Bonchev–Trinajstić information content (AvgIpc) is 2.15. The number of esters is 1. The van der Waals surface area contributed by atoms with E-state index < -0.39 is 12.1 Å². The largest absolute Gasteiger partial charge is 0.459 e. The SMILES string of the molecule is CC(F)C(=O)OCc1ccccc1. The van der Waals surface area contributed by atoms with Crippen LogP contribution in [0.25, 0.3) is 0 Å². The van der Waals surface area contributed by atoms with Crippen molar-refractivity contribution >= 4 is 5.97 Å². The fraction of sp³-hybridized carbons (Fsp3) is 0.300. The summed E-state index contributed by atoms with van der Waals surface area (Å²) in [5.41, 5.74) is 0.858. The van der Waals surface area contributed by atoms with Crippen LogP contribution in [0.3, 0.4) is 0 Å². The minimum atomic E-state index is -1.55. The molecule has 0 spiro atoms. The molecule has 0 radical (unpaired) electrons. The van der Waals surface area contributed by atoms with Gasteiger partial charge in [-0.05, 0) is 12.5 Å². The molecule has 1 aromatic rings. The van der Waals surface area contributed by atoms with Crippen LogP contribution in [0.15, 0.2) is 30.3 Å². The lowest BCUT2D eigenvalue weighted by atomic mass is 10.2. The minimum Gasteiger partial charge on any atom is -0.459 e. The van der Waals surface area contributed by atoms with Crippen molar-refractivity contribution in [2.24, 2.45) is 0 Å². The van der Waals surface area contributed by atoms with Gasteiger partial charge < -0.3 is 4.74 Å². The molecule has 1 unspecified atom stereocenters. The van der Waals surface area contributed by atoms with Crippen molar-refractivity contribution in [2.75, 3.05) is 0 Å². The molecule has 0 heterocycles. The van der Waals surface area contributed by atoms with E-state index in [1.807, 2.05) is 30.3 Å². The molecule has 0 bridgehead atoms. The third kappa shape index (κ3) is 3.23. The third-order valence-electron chi connectivity index (χ3n) is 1.55. The van der Waals surface area contributed by atoms with Crippen molar-refractivity contribution in [3.05, 3.63) is 35.9 Å². The first-order chi connectivity index (χ1) is 6.20. The molecular formula is C10H11FO2. The summed E-state index contributed by atoms with van der Waals surface area (Å²) in [4.78, 5) is 10.7. The molecule has 0 aliphatic carbocycles. The van der Waals surface area contributed by atoms with E-state index in [1.165, 1.54) is 0 Å². The molecule has 3 heteroatoms. The maximum Gasteiger partial charge on any atom is 0.340 e. The van der Waals surface area contributed by atoms with E-state index in [0.717, 1.165) is 12.5 Å². The maximum absolute atomic E-state index is 12.3. The first-order valence-corrected chi connectivity index (χ1v) is 4.05. The van der Waals surface area contributed by atoms with Crippen LogP contribution in [0.1, 0.15) is 12.5 Å². The number of rotatable bonds is 3. The first kappa shape index (κ1) is 9.71. The predicted octanol–water partition coefficient (Wildman–Crippen LogP) is 2.09. The third-order valence-corrected chi connectivity index (χ3v) is 1.55. The summed E-state index contributed by atoms with van der Waals surface area (Å²) in [6, 6.07) is 9.17. The predicted molar refractivity (Wildman–Crippen MR) is 46.8 cm³/mol. The van der Waals surface area contributed by atoms with Gasteiger partial charge in [-0.15, -0.1) is 0 Å². The van der Waals surface area contributed by atoms with Crippen LogP contribution in [0, 0.1) is 0 Å². The molecule has 0 aliphatic rings. The summed E-state index contributed by atoms with van der Waals surface area (Å²) >= 11 is 0. The Hall–Kier alpha value is -1.38. The number of halogens is 1. The van der Waals surface area contributed by atoms with Crippen molar-refractivity contribution in [2.45, 2.75) is 19.7 Å². The van der Waals surface area contributed by atoms with Gasteiger partial charge in [0.15, 0.2) is 6.17 Å². The number of ether oxygens (including phenoxy) is 1. The topological polar surface area (TPSA) is 26.3 Å². The van der Waals surface area contributed by atoms with Crippen molar-refractivity contribution < 1.29 is 13.9 Å². The smallest absolute Gasteiger partial charge is 0.340 e. The fourth-order valence-electron chi connectivity index (χ4n) is 0.844. The van der Waals surface area contributed by atoms with Gasteiger partial charge in [-0.25, -0.2) is 9.18 Å². The summed E-state index contributed by atoms with van der Waals surface area (Å²) in [7, 11) is 0. The van der Waals surface area contributed by atoms with Crippen LogP contribution in [0.4, 0.5) is 4.39 Å². The second kappa shape index (κ2) is 4.60. The molecule has 0 amide bonds. The molecule has 0 saturated heterocycles. The molecular weight excluding hydrogens is 171 g/mol. The van der Waals surface area contributed by atoms with Gasteiger partial charge in [0.05, 0.1) is 0 Å². The van der Waals surface area contributed by atoms with Crippen LogP contribution >= 0.6 is 0 Å². The van der Waals surface area contributed by atoms with Gasteiger partial charge in [0.25, 0.3) is 0 Å². The number of carbonyl (C=O) groups excluding carboxylic acids is 1. The zero-order chi connectivity index (χ0) is 9.68. The minimum absolute atomic E-state index is 0.133. The van der Waals surface area contributed by atoms with Crippen LogP contribution in [-0.2, 0) is 16.1 Å². The van der Waals surface area contributed by atoms with E-state index in [1.54, 1.807) is 0 Å². The van der Waals surface area contributed by atoms with Crippen LogP contribution in [0.5, 0.6) is 0 Å². The lowest BCUT2D eigenvalue weighted by Crippen LogP contribution is -2.14. The molecule has 0 aliphatic heterocycles. The normalized spacial score (nSPS) is 12.2. The van der Waals surface area contributed by atoms with Crippen LogP contribution < -0.4 is 0 Å². The van der Waals surface area contributed by atoms with E-state index in [0.29, 0.717) is 0 Å². The van der Waals surface area contributed by atoms with Gasteiger partial charge in [-0.2, -0.15) is 0 Å². The van der Waals surface area contributed by atoms with E-state index in [-0.39, 0.29) is 6.61 Å². The summed E-state index contributed by atoms with van der Waals surface area (Å²) < 4.78 is 17.0. The molecule has 2 nitrogen and oxygen atoms in total. The fourth-order valence-corrected chi connectivity index (χ4v) is 0.844. The number of benzene rings is 1. The summed E-state index contributed by atoms with van der Waals surface area (Å²) in [5.74, 6) is -0.816. The standard InChI is InChI=1S/C10H11FO2/c1-8(11)10(12)13-7-9-5-3-2-4-6-9/h2-6,8H,7H2,1H3. The highest BCUT2D eigenvalue weighted by Crippen LogP contribution is 2.02. The van der Waals surface area contributed by atoms with Gasteiger partial charge in [0.2, 0.25) is 0 Å². The highest BCUT2D eigenvalue weighted by molar-refractivity contribution is 5.73. The number of hydrogen-bond acceptors (Lipinski definition) is 2. The van der Waals surface area contributed by atoms with Crippen molar-refractivity contribution in [3.8, 4) is 0 Å². The van der Waals surface area contributed by atoms with E-state index in [2.05, 4.69) is 4.74 Å². The lowest BCUT2D eigenvalue weighted by Gasteiger charge is -2.04. The van der Waals surface area contributed by atoms with Crippen molar-refractivity contribution in [1.82, 2.24) is 0 Å². The number of hydrogen-bond donors (Lipinski definition) is 0. The number of alkyl halides is 1. The Morgan fingerprint density at radius 1 is 1.46 bits per heavy atom. The van der Waals surface area contributed by atoms with Gasteiger partial charge in [0, 0.05) is 0 Å². The Morgan fingerprint density at radius 2 is 2.08 bits per heavy atom. The quantitative estimate of drug-likeness (QED) is 0.669. The van der Waals surface area contributed by atoms with Crippen LogP contribution in [-0.4, -0.2) is 12.1 Å². The van der Waals surface area contributed by atoms with Gasteiger partial charge in [-0.1, -0.05) is 30.3 Å². The molecule has 70 valence electrons. The highest BCUT2D eigenvalue weighted by Gasteiger charge is 2.11. The summed E-state index contributed by atoms with van der Waals surface area (Å²) in [6.45, 7) is 1.29. The summed E-state index contributed by atoms with van der Waals surface area (Å²) in [5, 5.41) is 0. The number of carbonyl (C=O) groups is 1. The molecule has 0 fully saturated rings. The molecule has 0 N–H and O–H groups in total. The Labute approximate surface area is 76.3 Å². The van der Waals surface area contributed by atoms with Crippen LogP contribution in [0.2, 0.25) is 0 Å². The molecule has 13 heavy (non-hydrogen) atoms.